The number of amides is 1. The highest BCUT2D eigenvalue weighted by Gasteiger charge is 2.23. The lowest BCUT2D eigenvalue weighted by Gasteiger charge is -2.11. The fraction of sp³-hybridized carbons (Fsp3) is 0.400. The average Bonchev–Trinajstić information content (AvgIpc) is 3.48. The molecule has 8 heteroatoms. The molecule has 2 aromatic heterocycles. The van der Waals surface area contributed by atoms with Crippen molar-refractivity contribution in [2.75, 3.05) is 0 Å². The molecule has 1 saturated carbocycles. The van der Waals surface area contributed by atoms with E-state index in [0.717, 1.165) is 17.2 Å². The molecule has 0 spiro atoms. The highest BCUT2D eigenvalue weighted by molar-refractivity contribution is 7.12. The Labute approximate surface area is 196 Å². The Kier molecular flexibility index (Phi) is 8.27. The van der Waals surface area contributed by atoms with Crippen molar-refractivity contribution in [1.82, 2.24) is 5.32 Å². The van der Waals surface area contributed by atoms with Gasteiger partial charge < -0.3 is 14.6 Å². The van der Waals surface area contributed by atoms with Crippen molar-refractivity contribution in [3.8, 4) is 5.75 Å². The number of carbonyl (C=O) groups is 2. The first-order chi connectivity index (χ1) is 15.7. The van der Waals surface area contributed by atoms with E-state index in [1.54, 1.807) is 30.4 Å². The number of aromatic hydroxyl groups is 1. The fourth-order valence-corrected chi connectivity index (χ4v) is 4.52. The van der Waals surface area contributed by atoms with Gasteiger partial charge in [0.2, 0.25) is 0 Å². The van der Waals surface area contributed by atoms with E-state index >= 15 is 0 Å². The van der Waals surface area contributed by atoms with E-state index in [1.807, 2.05) is 13.0 Å². The molecular formula is C25H29NO6S. The van der Waals surface area contributed by atoms with Gasteiger partial charge in [0.1, 0.15) is 17.1 Å². The summed E-state index contributed by atoms with van der Waals surface area (Å²) in [5.74, 6) is -0.0260. The molecule has 0 aliphatic heterocycles. The van der Waals surface area contributed by atoms with Crippen LogP contribution in [0.5, 0.6) is 5.75 Å². The molecule has 176 valence electrons. The zero-order valence-corrected chi connectivity index (χ0v) is 19.6. The minimum atomic E-state index is -1.15. The lowest BCUT2D eigenvalue weighted by atomic mass is 10.00. The fourth-order valence-electron chi connectivity index (χ4n) is 3.49. The maximum absolute atomic E-state index is 12.9. The molecule has 0 aromatic carbocycles. The lowest BCUT2D eigenvalue weighted by molar-refractivity contribution is 0.102. The maximum atomic E-state index is 12.9. The van der Waals surface area contributed by atoms with Crippen LogP contribution in [0.15, 0.2) is 45.3 Å². The summed E-state index contributed by atoms with van der Waals surface area (Å²) in [6.45, 7) is 3.44. The second-order valence-electron chi connectivity index (χ2n) is 8.47. The van der Waals surface area contributed by atoms with Crippen molar-refractivity contribution in [2.24, 2.45) is 5.92 Å². The van der Waals surface area contributed by atoms with Gasteiger partial charge >= 0.3 is 11.7 Å². The molecule has 1 atom stereocenters. The van der Waals surface area contributed by atoms with Gasteiger partial charge in [0.25, 0.3) is 0 Å². The quantitative estimate of drug-likeness (QED) is 0.286. The highest BCUT2D eigenvalue weighted by Crippen LogP contribution is 2.34. The predicted octanol–water partition coefficient (Wildman–Crippen LogP) is 5.70. The Morgan fingerprint density at radius 1 is 1.33 bits per heavy atom. The third kappa shape index (κ3) is 7.18. The van der Waals surface area contributed by atoms with Crippen LogP contribution in [0.4, 0.5) is 4.79 Å². The van der Waals surface area contributed by atoms with E-state index < -0.39 is 23.3 Å². The molecule has 0 bridgehead atoms. The standard InChI is InChI=1S/C25H29NO6S/c1-15(5-3-4-12-26-25(30)31)21-14-20(27)22(24(29)32-21)23(28)16(2)13-19-11-10-18(33-19)9-8-17-6-7-17/h4,10-15,17,26-27H,3,5-9H2,1-2H3,(H,30,31)/b12-4+,16-13?. The molecule has 3 rings (SSSR count). The van der Waals surface area contributed by atoms with Crippen molar-refractivity contribution < 1.29 is 24.2 Å². The minimum absolute atomic E-state index is 0.209. The van der Waals surface area contributed by atoms with Gasteiger partial charge in [-0.1, -0.05) is 25.8 Å². The van der Waals surface area contributed by atoms with Crippen LogP contribution >= 0.6 is 11.3 Å². The van der Waals surface area contributed by atoms with Crippen LogP contribution in [-0.4, -0.2) is 22.1 Å². The van der Waals surface area contributed by atoms with Crippen LogP contribution in [0.25, 0.3) is 6.08 Å². The molecule has 1 fully saturated rings. The van der Waals surface area contributed by atoms with Crippen LogP contribution in [-0.2, 0) is 6.42 Å². The average molecular weight is 472 g/mol. The van der Waals surface area contributed by atoms with Crippen molar-refractivity contribution in [3.05, 3.63) is 67.5 Å². The molecular weight excluding hydrogens is 442 g/mol. The molecule has 33 heavy (non-hydrogen) atoms. The van der Waals surface area contributed by atoms with Crippen molar-refractivity contribution in [1.29, 1.82) is 0 Å². The van der Waals surface area contributed by atoms with Crippen LogP contribution in [0.1, 0.15) is 77.7 Å². The first kappa shape index (κ1) is 24.5. The number of Topliss-reactive ketones (excluding diaryl/α,β-unsaturated/α-hetero) is 1. The number of ketones is 1. The Bertz CT molecular complexity index is 1120. The molecule has 2 heterocycles. The molecule has 0 saturated heterocycles. The number of hydrogen-bond acceptors (Lipinski definition) is 6. The van der Waals surface area contributed by atoms with Gasteiger partial charge in [0.05, 0.1) is 0 Å². The van der Waals surface area contributed by atoms with Crippen LogP contribution < -0.4 is 10.9 Å². The Hall–Kier alpha value is -3.13. The zero-order chi connectivity index (χ0) is 24.0. The van der Waals surface area contributed by atoms with Gasteiger partial charge in [0.15, 0.2) is 5.78 Å². The number of thiophene rings is 1. The normalized spacial score (nSPS) is 15.0. The van der Waals surface area contributed by atoms with E-state index in [4.69, 9.17) is 9.52 Å². The summed E-state index contributed by atoms with van der Waals surface area (Å²) in [5, 5.41) is 21.1. The summed E-state index contributed by atoms with van der Waals surface area (Å²) in [6.07, 6.45) is 9.58. The summed E-state index contributed by atoms with van der Waals surface area (Å²) in [4.78, 5) is 38.0. The van der Waals surface area contributed by atoms with Crippen LogP contribution in [0, 0.1) is 5.92 Å². The van der Waals surface area contributed by atoms with E-state index in [0.29, 0.717) is 18.4 Å². The van der Waals surface area contributed by atoms with Gasteiger partial charge in [-0.15, -0.1) is 11.3 Å². The topological polar surface area (TPSA) is 117 Å². The predicted molar refractivity (Wildman–Crippen MR) is 128 cm³/mol. The summed E-state index contributed by atoms with van der Waals surface area (Å²) < 4.78 is 5.34. The first-order valence-corrected chi connectivity index (χ1v) is 11.9. The molecule has 0 radical (unpaired) electrons. The summed E-state index contributed by atoms with van der Waals surface area (Å²) in [6, 6.07) is 5.36. The molecule has 1 unspecified atom stereocenters. The maximum Gasteiger partial charge on any atom is 0.408 e. The molecule has 1 aliphatic rings. The van der Waals surface area contributed by atoms with E-state index in [1.165, 1.54) is 36.4 Å². The minimum Gasteiger partial charge on any atom is -0.507 e. The van der Waals surface area contributed by atoms with Crippen molar-refractivity contribution >= 4 is 29.3 Å². The molecule has 3 N–H and O–H groups in total. The molecule has 2 aromatic rings. The van der Waals surface area contributed by atoms with Crippen molar-refractivity contribution in [2.45, 2.75) is 58.3 Å². The van der Waals surface area contributed by atoms with Crippen LogP contribution in [0.3, 0.4) is 0 Å². The number of aryl methyl sites for hydroxylation is 1. The molecule has 1 amide bonds. The van der Waals surface area contributed by atoms with Gasteiger partial charge in [-0.2, -0.15) is 0 Å². The number of carboxylic acid groups (broad SMARTS) is 1. The van der Waals surface area contributed by atoms with E-state index in [2.05, 4.69) is 11.4 Å². The van der Waals surface area contributed by atoms with Gasteiger partial charge in [-0.3, -0.25) is 10.1 Å². The second-order valence-corrected chi connectivity index (χ2v) is 9.67. The van der Waals surface area contributed by atoms with Gasteiger partial charge in [-0.25, -0.2) is 9.59 Å². The van der Waals surface area contributed by atoms with Crippen LogP contribution in [0.2, 0.25) is 0 Å². The second kappa shape index (κ2) is 11.1. The number of allylic oxidation sites excluding steroid dienone is 2. The van der Waals surface area contributed by atoms with E-state index in [9.17, 15) is 19.5 Å². The van der Waals surface area contributed by atoms with Crippen molar-refractivity contribution in [3.63, 3.8) is 0 Å². The Morgan fingerprint density at radius 2 is 2.09 bits per heavy atom. The molecule has 7 nitrogen and oxygen atoms in total. The monoisotopic (exact) mass is 471 g/mol. The largest absolute Gasteiger partial charge is 0.507 e. The Morgan fingerprint density at radius 3 is 2.76 bits per heavy atom. The third-order valence-electron chi connectivity index (χ3n) is 5.65. The molecule has 1 aliphatic carbocycles. The summed E-state index contributed by atoms with van der Waals surface area (Å²) >= 11 is 1.64. The number of carbonyl (C=O) groups excluding carboxylic acids is 1. The Balaban J connectivity index is 1.66. The zero-order valence-electron chi connectivity index (χ0n) is 18.8. The third-order valence-corrected chi connectivity index (χ3v) is 6.74. The summed E-state index contributed by atoms with van der Waals surface area (Å²) in [7, 11) is 0. The van der Waals surface area contributed by atoms with Gasteiger partial charge in [0, 0.05) is 27.9 Å². The highest BCUT2D eigenvalue weighted by atomic mass is 32.1. The lowest BCUT2D eigenvalue weighted by Crippen LogP contribution is -2.16. The van der Waals surface area contributed by atoms with Gasteiger partial charge in [-0.05, 0) is 62.3 Å². The number of hydrogen-bond donors (Lipinski definition) is 3. The first-order valence-electron chi connectivity index (χ1n) is 11.1. The summed E-state index contributed by atoms with van der Waals surface area (Å²) in [5.41, 5.74) is -0.880. The number of nitrogens with one attached hydrogen (secondary N) is 1. The number of rotatable bonds is 11. The SMILES string of the molecule is CC(=Cc1ccc(CCC2CC2)s1)C(=O)c1c(O)cc(C(C)CC/C=C/NC(=O)O)oc1=O. The van der Waals surface area contributed by atoms with E-state index in [-0.39, 0.29) is 17.2 Å². The smallest absolute Gasteiger partial charge is 0.408 e.